The van der Waals surface area contributed by atoms with E-state index in [1.54, 1.807) is 6.20 Å². The normalized spacial score (nSPS) is 14.9. The van der Waals surface area contributed by atoms with Gasteiger partial charge in [0.25, 0.3) is 0 Å². The van der Waals surface area contributed by atoms with Crippen molar-refractivity contribution in [2.75, 3.05) is 0 Å². The van der Waals surface area contributed by atoms with Crippen molar-refractivity contribution in [1.82, 2.24) is 25.9 Å². The summed E-state index contributed by atoms with van der Waals surface area (Å²) in [5.41, 5.74) is 9.75. The molecule has 4 aromatic rings. The molecule has 0 bridgehead atoms. The molecule has 45 heavy (non-hydrogen) atoms. The van der Waals surface area contributed by atoms with Crippen LogP contribution in [0.15, 0.2) is 60.9 Å². The van der Waals surface area contributed by atoms with Gasteiger partial charge in [-0.15, -0.1) is 0 Å². The van der Waals surface area contributed by atoms with Gasteiger partial charge in [-0.2, -0.15) is 0 Å². The number of para-hydroxylation sites is 2. The molecule has 2 heterocycles. The van der Waals surface area contributed by atoms with E-state index in [2.05, 4.69) is 25.9 Å². The number of carbonyl (C=O) groups excluding carboxylic acids is 3. The molecule has 5 atom stereocenters. The molecule has 8 N–H and O–H groups in total. The molecule has 0 radical (unpaired) electrons. The molecule has 0 fully saturated rings. The molecule has 0 aliphatic rings. The molecule has 3 amide bonds. The van der Waals surface area contributed by atoms with Crippen LogP contribution in [0.2, 0.25) is 0 Å². The van der Waals surface area contributed by atoms with E-state index in [9.17, 15) is 24.3 Å². The number of amides is 3. The Morgan fingerprint density at radius 2 is 1.29 bits per heavy atom. The molecule has 5 unspecified atom stereocenters. The highest BCUT2D eigenvalue weighted by atomic mass is 16.4. The number of H-pyrrole nitrogens is 2. The Morgan fingerprint density at radius 1 is 0.756 bits per heavy atom. The predicted molar refractivity (Wildman–Crippen MR) is 174 cm³/mol. The standard InChI is InChI=1S/C34H44N6O5/c1-5-20(4)30(33(43)39-29(34(44)45)16-22-18-37-27-13-9-7-11-24(22)27)40-32(42)28(14-19(2)3)38-31(41)25(35)15-21-17-36-26-12-8-6-10-23(21)26/h6-13,17-20,25,28-30,36-37H,5,14-16,35H2,1-4H3,(H,38,41)(H,39,43)(H,40,42)(H,44,45). The highest BCUT2D eigenvalue weighted by molar-refractivity contribution is 5.95. The molecular weight excluding hydrogens is 572 g/mol. The number of fused-ring (bicyclic) bond motifs is 2. The lowest BCUT2D eigenvalue weighted by Crippen LogP contribution is -2.59. The van der Waals surface area contributed by atoms with Gasteiger partial charge in [0.2, 0.25) is 17.7 Å². The van der Waals surface area contributed by atoms with Crippen molar-refractivity contribution >= 4 is 45.5 Å². The minimum absolute atomic E-state index is 0.0503. The third kappa shape index (κ3) is 8.30. The third-order valence-corrected chi connectivity index (χ3v) is 8.30. The van der Waals surface area contributed by atoms with Gasteiger partial charge in [-0.1, -0.05) is 70.5 Å². The molecule has 240 valence electrons. The minimum Gasteiger partial charge on any atom is -0.480 e. The van der Waals surface area contributed by atoms with Gasteiger partial charge in [-0.25, -0.2) is 4.79 Å². The Kier molecular flexibility index (Phi) is 11.0. The molecule has 2 aromatic carbocycles. The number of carboxylic acid groups (broad SMARTS) is 1. The van der Waals surface area contributed by atoms with Gasteiger partial charge < -0.3 is 36.8 Å². The fourth-order valence-corrected chi connectivity index (χ4v) is 5.55. The van der Waals surface area contributed by atoms with E-state index in [4.69, 9.17) is 5.73 Å². The number of hydrogen-bond donors (Lipinski definition) is 7. The van der Waals surface area contributed by atoms with Crippen LogP contribution in [-0.2, 0) is 32.0 Å². The van der Waals surface area contributed by atoms with Crippen molar-refractivity contribution in [3.05, 3.63) is 72.1 Å². The molecular formula is C34H44N6O5. The second-order valence-corrected chi connectivity index (χ2v) is 12.2. The smallest absolute Gasteiger partial charge is 0.326 e. The maximum Gasteiger partial charge on any atom is 0.326 e. The number of nitrogens with one attached hydrogen (secondary N) is 5. The number of nitrogens with two attached hydrogens (primary N) is 1. The largest absolute Gasteiger partial charge is 0.480 e. The maximum absolute atomic E-state index is 13.6. The fraction of sp³-hybridized carbons (Fsp3) is 0.412. The summed E-state index contributed by atoms with van der Waals surface area (Å²) in [6.45, 7) is 7.56. The summed E-state index contributed by atoms with van der Waals surface area (Å²) >= 11 is 0. The van der Waals surface area contributed by atoms with Crippen LogP contribution in [0.1, 0.15) is 51.7 Å². The molecule has 0 saturated heterocycles. The maximum atomic E-state index is 13.6. The zero-order valence-electron chi connectivity index (χ0n) is 26.2. The van der Waals surface area contributed by atoms with Crippen LogP contribution in [0, 0.1) is 11.8 Å². The Labute approximate surface area is 262 Å². The number of aliphatic carboxylic acids is 1. The summed E-state index contributed by atoms with van der Waals surface area (Å²) in [5.74, 6) is -3.05. The van der Waals surface area contributed by atoms with Crippen LogP contribution in [0.4, 0.5) is 0 Å². The van der Waals surface area contributed by atoms with Gasteiger partial charge in [-0.3, -0.25) is 14.4 Å². The van der Waals surface area contributed by atoms with E-state index in [0.29, 0.717) is 12.8 Å². The average Bonchev–Trinajstić information content (AvgIpc) is 3.62. The van der Waals surface area contributed by atoms with E-state index in [1.165, 1.54) is 0 Å². The lowest BCUT2D eigenvalue weighted by atomic mass is 9.95. The summed E-state index contributed by atoms with van der Waals surface area (Å²) in [4.78, 5) is 58.9. The van der Waals surface area contributed by atoms with Crippen molar-refractivity contribution in [3.63, 3.8) is 0 Å². The summed E-state index contributed by atoms with van der Waals surface area (Å²) in [5, 5.41) is 20.1. The van der Waals surface area contributed by atoms with E-state index in [0.717, 1.165) is 32.9 Å². The number of benzene rings is 2. The molecule has 0 saturated carbocycles. The number of aromatic nitrogens is 2. The Morgan fingerprint density at radius 3 is 1.82 bits per heavy atom. The van der Waals surface area contributed by atoms with Crippen LogP contribution >= 0.6 is 0 Å². The monoisotopic (exact) mass is 616 g/mol. The van der Waals surface area contributed by atoms with Crippen LogP contribution in [-0.4, -0.2) is 62.9 Å². The van der Waals surface area contributed by atoms with Crippen LogP contribution in [0.3, 0.4) is 0 Å². The molecule has 0 aliphatic carbocycles. The predicted octanol–water partition coefficient (Wildman–Crippen LogP) is 3.39. The summed E-state index contributed by atoms with van der Waals surface area (Å²) in [6, 6.07) is 11.2. The van der Waals surface area contributed by atoms with Crippen molar-refractivity contribution in [1.29, 1.82) is 0 Å². The van der Waals surface area contributed by atoms with E-state index in [-0.39, 0.29) is 24.7 Å². The van der Waals surface area contributed by atoms with Gasteiger partial charge >= 0.3 is 5.97 Å². The summed E-state index contributed by atoms with van der Waals surface area (Å²) in [6.07, 6.45) is 4.78. The second kappa shape index (κ2) is 14.9. The second-order valence-electron chi connectivity index (χ2n) is 12.2. The molecule has 0 spiro atoms. The molecule has 11 heteroatoms. The average molecular weight is 617 g/mol. The molecule has 0 aliphatic heterocycles. The Hall–Kier alpha value is -4.64. The van der Waals surface area contributed by atoms with Gasteiger partial charge in [0.1, 0.15) is 18.1 Å². The fourth-order valence-electron chi connectivity index (χ4n) is 5.55. The topological polar surface area (TPSA) is 182 Å². The number of rotatable bonds is 15. The third-order valence-electron chi connectivity index (χ3n) is 8.30. The van der Waals surface area contributed by atoms with Crippen LogP contribution in [0.5, 0.6) is 0 Å². The van der Waals surface area contributed by atoms with Crippen LogP contribution < -0.4 is 21.7 Å². The quantitative estimate of drug-likeness (QED) is 0.107. The first kappa shape index (κ1) is 33.3. The van der Waals surface area contributed by atoms with Crippen LogP contribution in [0.25, 0.3) is 21.8 Å². The van der Waals surface area contributed by atoms with Crippen molar-refractivity contribution in [3.8, 4) is 0 Å². The van der Waals surface area contributed by atoms with Crippen molar-refractivity contribution < 1.29 is 24.3 Å². The summed E-state index contributed by atoms with van der Waals surface area (Å²) in [7, 11) is 0. The summed E-state index contributed by atoms with van der Waals surface area (Å²) < 4.78 is 0. The SMILES string of the molecule is CCC(C)C(NC(=O)C(CC(C)C)NC(=O)C(N)Cc1c[nH]c2ccccc12)C(=O)NC(Cc1c[nH]c2ccccc12)C(=O)O. The molecule has 4 rings (SSSR count). The zero-order valence-corrected chi connectivity index (χ0v) is 26.2. The first-order chi connectivity index (χ1) is 21.5. The highest BCUT2D eigenvalue weighted by Gasteiger charge is 2.33. The minimum atomic E-state index is -1.21. The van der Waals surface area contributed by atoms with E-state index >= 15 is 0 Å². The van der Waals surface area contributed by atoms with E-state index < -0.39 is 47.9 Å². The number of carbonyl (C=O) groups is 4. The lowest BCUT2D eigenvalue weighted by molar-refractivity contribution is -0.142. The molecule has 2 aromatic heterocycles. The number of aromatic amines is 2. The van der Waals surface area contributed by atoms with Gasteiger partial charge in [0.15, 0.2) is 0 Å². The zero-order chi connectivity index (χ0) is 32.7. The van der Waals surface area contributed by atoms with E-state index in [1.807, 2.05) is 82.4 Å². The lowest BCUT2D eigenvalue weighted by Gasteiger charge is -2.28. The first-order valence-electron chi connectivity index (χ1n) is 15.5. The molecule has 11 nitrogen and oxygen atoms in total. The van der Waals surface area contributed by atoms with Gasteiger partial charge in [0.05, 0.1) is 6.04 Å². The highest BCUT2D eigenvalue weighted by Crippen LogP contribution is 2.21. The number of hydrogen-bond acceptors (Lipinski definition) is 5. The Balaban J connectivity index is 1.45. The van der Waals surface area contributed by atoms with Crippen molar-refractivity contribution in [2.45, 2.75) is 77.5 Å². The van der Waals surface area contributed by atoms with Crippen molar-refractivity contribution in [2.24, 2.45) is 17.6 Å². The first-order valence-corrected chi connectivity index (χ1v) is 15.5. The Bertz CT molecular complexity index is 1640. The van der Waals surface area contributed by atoms with Gasteiger partial charge in [-0.05, 0) is 47.9 Å². The van der Waals surface area contributed by atoms with Gasteiger partial charge in [0, 0.05) is 40.6 Å². The number of carboxylic acids is 1.